The Hall–Kier alpha value is -2.01. The van der Waals surface area contributed by atoms with Crippen molar-refractivity contribution in [1.82, 2.24) is 0 Å². The Morgan fingerprint density at radius 3 is 2.24 bits per heavy atom. The minimum Gasteiger partial charge on any atom is -0.493 e. The second-order valence-electron chi connectivity index (χ2n) is 4.26. The molecule has 0 fully saturated rings. The summed E-state index contributed by atoms with van der Waals surface area (Å²) >= 11 is 3.48. The summed E-state index contributed by atoms with van der Waals surface area (Å²) in [5.74, 6) is 0.956. The summed E-state index contributed by atoms with van der Waals surface area (Å²) in [5.41, 5.74) is 2.40. The normalized spacial score (nSPS) is 10.1. The molecule has 0 aliphatic rings. The van der Waals surface area contributed by atoms with E-state index in [-0.39, 0.29) is 5.97 Å². The Balaban J connectivity index is 2.45. The minimum atomic E-state index is -0.366. The van der Waals surface area contributed by atoms with Gasteiger partial charge in [0.2, 0.25) is 0 Å². The van der Waals surface area contributed by atoms with E-state index in [1.165, 1.54) is 7.11 Å². The van der Waals surface area contributed by atoms with E-state index < -0.39 is 0 Å². The third-order valence-electron chi connectivity index (χ3n) is 3.08. The van der Waals surface area contributed by atoms with Gasteiger partial charge in [-0.05, 0) is 35.4 Å². The third kappa shape index (κ3) is 3.19. The summed E-state index contributed by atoms with van der Waals surface area (Å²) in [6.45, 7) is 0. The Kier molecular flexibility index (Phi) is 4.85. The van der Waals surface area contributed by atoms with Crippen molar-refractivity contribution in [1.29, 1.82) is 0 Å². The molecular weight excluding hydrogens is 336 g/mol. The van der Waals surface area contributed by atoms with Crippen molar-refractivity contribution in [3.63, 3.8) is 0 Å². The fourth-order valence-corrected chi connectivity index (χ4v) is 2.61. The molecule has 0 heterocycles. The van der Waals surface area contributed by atoms with Crippen molar-refractivity contribution < 1.29 is 19.0 Å². The maximum Gasteiger partial charge on any atom is 0.337 e. The molecule has 0 aromatic heterocycles. The molecule has 0 aliphatic carbocycles. The van der Waals surface area contributed by atoms with E-state index >= 15 is 0 Å². The number of carbonyl (C=O) groups is 1. The zero-order chi connectivity index (χ0) is 15.4. The van der Waals surface area contributed by atoms with Crippen molar-refractivity contribution in [2.75, 3.05) is 21.3 Å². The first kappa shape index (κ1) is 15.4. The van der Waals surface area contributed by atoms with Crippen LogP contribution < -0.4 is 9.47 Å². The van der Waals surface area contributed by atoms with Gasteiger partial charge < -0.3 is 14.2 Å². The highest BCUT2D eigenvalue weighted by Crippen LogP contribution is 2.35. The zero-order valence-electron chi connectivity index (χ0n) is 12.0. The molecule has 2 aromatic carbocycles. The molecule has 2 aromatic rings. The molecule has 0 bridgehead atoms. The first-order valence-corrected chi connectivity index (χ1v) is 7.00. The van der Waals surface area contributed by atoms with Crippen LogP contribution in [0.15, 0.2) is 40.9 Å². The molecule has 0 aliphatic heterocycles. The number of benzene rings is 2. The van der Waals surface area contributed by atoms with E-state index in [1.54, 1.807) is 26.4 Å². The molecule has 0 N–H and O–H groups in total. The van der Waals surface area contributed by atoms with Crippen LogP contribution in [0.5, 0.6) is 11.5 Å². The molecule has 0 amide bonds. The average Bonchev–Trinajstić information content (AvgIpc) is 2.53. The van der Waals surface area contributed by atoms with E-state index in [2.05, 4.69) is 15.9 Å². The molecule has 0 spiro atoms. The van der Waals surface area contributed by atoms with Crippen molar-refractivity contribution in [3.05, 3.63) is 46.4 Å². The maximum absolute atomic E-state index is 11.5. The lowest BCUT2D eigenvalue weighted by Crippen LogP contribution is -2.01. The molecule has 21 heavy (non-hydrogen) atoms. The van der Waals surface area contributed by atoms with Gasteiger partial charge in [0.15, 0.2) is 11.5 Å². The predicted octanol–water partition coefficient (Wildman–Crippen LogP) is 3.92. The molecule has 0 saturated heterocycles. The molecule has 0 unspecified atom stereocenters. The number of halogens is 1. The summed E-state index contributed by atoms with van der Waals surface area (Å²) in [6, 6.07) is 11.0. The van der Waals surface area contributed by atoms with Crippen LogP contribution in [0.2, 0.25) is 0 Å². The van der Waals surface area contributed by atoms with Gasteiger partial charge in [-0.15, -0.1) is 0 Å². The molecule has 0 radical (unpaired) electrons. The lowest BCUT2D eigenvalue weighted by Gasteiger charge is -2.11. The Morgan fingerprint density at radius 1 is 0.952 bits per heavy atom. The molecule has 5 heteroatoms. The maximum atomic E-state index is 11.5. The predicted molar refractivity (Wildman–Crippen MR) is 84.0 cm³/mol. The topological polar surface area (TPSA) is 44.8 Å². The van der Waals surface area contributed by atoms with Crippen LogP contribution in [0.3, 0.4) is 0 Å². The molecular formula is C16H15BrO4. The highest BCUT2D eigenvalue weighted by Gasteiger charge is 2.12. The van der Waals surface area contributed by atoms with Crippen LogP contribution in [0.25, 0.3) is 11.1 Å². The van der Waals surface area contributed by atoms with Crippen molar-refractivity contribution >= 4 is 21.9 Å². The van der Waals surface area contributed by atoms with Gasteiger partial charge in [-0.25, -0.2) is 4.79 Å². The number of ether oxygens (including phenoxy) is 3. The smallest absolute Gasteiger partial charge is 0.337 e. The monoisotopic (exact) mass is 350 g/mol. The molecule has 0 saturated carbocycles. The van der Waals surface area contributed by atoms with Crippen molar-refractivity contribution in [2.24, 2.45) is 0 Å². The molecule has 4 nitrogen and oxygen atoms in total. The SMILES string of the molecule is COC(=O)c1ccc(-c2ccc(OC)c(OC)c2)c(Br)c1. The van der Waals surface area contributed by atoms with Crippen LogP contribution in [0, 0.1) is 0 Å². The quantitative estimate of drug-likeness (QED) is 0.784. The van der Waals surface area contributed by atoms with Crippen molar-refractivity contribution in [3.8, 4) is 22.6 Å². The number of carbonyl (C=O) groups excluding carboxylic acids is 1. The number of hydrogen-bond acceptors (Lipinski definition) is 4. The largest absolute Gasteiger partial charge is 0.493 e. The summed E-state index contributed by atoms with van der Waals surface area (Å²) < 4.78 is 16.0. The lowest BCUT2D eigenvalue weighted by molar-refractivity contribution is 0.0600. The molecule has 2 rings (SSSR count). The van der Waals surface area contributed by atoms with Gasteiger partial charge in [0.1, 0.15) is 0 Å². The van der Waals surface area contributed by atoms with Crippen LogP contribution >= 0.6 is 15.9 Å². The number of hydrogen-bond donors (Lipinski definition) is 0. The van der Waals surface area contributed by atoms with E-state index in [0.717, 1.165) is 15.6 Å². The first-order valence-electron chi connectivity index (χ1n) is 6.21. The summed E-state index contributed by atoms with van der Waals surface area (Å²) in [6.07, 6.45) is 0. The Labute approximate surface area is 131 Å². The number of methoxy groups -OCH3 is 3. The van der Waals surface area contributed by atoms with Gasteiger partial charge in [-0.1, -0.05) is 28.1 Å². The standard InChI is InChI=1S/C16H15BrO4/c1-19-14-7-5-10(9-15(14)20-2)12-6-4-11(8-13(12)17)16(18)21-3/h4-9H,1-3H3. The molecule has 0 atom stereocenters. The second kappa shape index (κ2) is 6.63. The van der Waals surface area contributed by atoms with E-state index in [1.807, 2.05) is 24.3 Å². The summed E-state index contributed by atoms with van der Waals surface area (Å²) in [4.78, 5) is 11.5. The van der Waals surface area contributed by atoms with Gasteiger partial charge in [-0.2, -0.15) is 0 Å². The summed E-state index contributed by atoms with van der Waals surface area (Å²) in [5, 5.41) is 0. The number of esters is 1. The van der Waals surface area contributed by atoms with E-state index in [0.29, 0.717) is 17.1 Å². The van der Waals surface area contributed by atoms with Gasteiger partial charge in [0.25, 0.3) is 0 Å². The van der Waals surface area contributed by atoms with E-state index in [4.69, 9.17) is 14.2 Å². The highest BCUT2D eigenvalue weighted by atomic mass is 79.9. The fraction of sp³-hybridized carbons (Fsp3) is 0.188. The van der Waals surface area contributed by atoms with E-state index in [9.17, 15) is 4.79 Å². The third-order valence-corrected chi connectivity index (χ3v) is 3.74. The molecule has 110 valence electrons. The van der Waals surface area contributed by atoms with Crippen LogP contribution in [0.1, 0.15) is 10.4 Å². The van der Waals surface area contributed by atoms with Gasteiger partial charge >= 0.3 is 5.97 Å². The fourth-order valence-electron chi connectivity index (χ4n) is 2.00. The first-order chi connectivity index (χ1) is 10.1. The van der Waals surface area contributed by atoms with Crippen LogP contribution in [-0.2, 0) is 4.74 Å². The number of rotatable bonds is 4. The summed E-state index contributed by atoms with van der Waals surface area (Å²) in [7, 11) is 4.55. The van der Waals surface area contributed by atoms with Crippen LogP contribution in [0.4, 0.5) is 0 Å². The second-order valence-corrected chi connectivity index (χ2v) is 5.11. The zero-order valence-corrected chi connectivity index (χ0v) is 13.6. The Bertz CT molecular complexity index is 667. The average molecular weight is 351 g/mol. The van der Waals surface area contributed by atoms with Gasteiger partial charge in [-0.3, -0.25) is 0 Å². The van der Waals surface area contributed by atoms with Gasteiger partial charge in [0, 0.05) is 4.47 Å². The van der Waals surface area contributed by atoms with Gasteiger partial charge in [0.05, 0.1) is 26.9 Å². The highest BCUT2D eigenvalue weighted by molar-refractivity contribution is 9.10. The van der Waals surface area contributed by atoms with Crippen molar-refractivity contribution in [2.45, 2.75) is 0 Å². The minimum absolute atomic E-state index is 0.366. The lowest BCUT2D eigenvalue weighted by atomic mass is 10.0. The van der Waals surface area contributed by atoms with Crippen LogP contribution in [-0.4, -0.2) is 27.3 Å². The Morgan fingerprint density at radius 2 is 1.67 bits per heavy atom.